The molecule has 0 heterocycles. The van der Waals surface area contributed by atoms with Crippen LogP contribution in [0.15, 0.2) is 48.5 Å². The van der Waals surface area contributed by atoms with E-state index in [1.165, 1.54) is 17.0 Å². The minimum Gasteiger partial charge on any atom is -0.461 e. The summed E-state index contributed by atoms with van der Waals surface area (Å²) in [5.41, 5.74) is 0.416. The third-order valence-corrected chi connectivity index (χ3v) is 5.66. The number of esters is 1. The standard InChI is InChI=1S/C25H29F2NO4/c1-25(2,3)32-24(30)28(4)18-13-20(19-11-10-17(26)12-22(19)27)21(14-18)23(29)31-15-16-8-6-5-7-9-16/h5-12,18,20-21H,13-15H2,1-4H3/t18?,20-,21+/m0/s1. The number of nitrogens with zero attached hydrogens (tertiary/aromatic N) is 1. The number of hydrogen-bond acceptors (Lipinski definition) is 4. The highest BCUT2D eigenvalue weighted by Crippen LogP contribution is 2.43. The lowest BCUT2D eigenvalue weighted by atomic mass is 9.88. The summed E-state index contributed by atoms with van der Waals surface area (Å²) in [5.74, 6) is -3.09. The fourth-order valence-corrected chi connectivity index (χ4v) is 4.05. The SMILES string of the molecule is CN(C(=O)OC(C)(C)C)C1C[C@@H](C(=O)OCc2ccccc2)[C@H](c2ccc(F)cc2F)C1. The van der Waals surface area contributed by atoms with Crippen LogP contribution in [-0.4, -0.2) is 35.7 Å². The van der Waals surface area contributed by atoms with Crippen LogP contribution in [0, 0.1) is 17.6 Å². The minimum absolute atomic E-state index is 0.0986. The summed E-state index contributed by atoms with van der Waals surface area (Å²) in [7, 11) is 1.61. The molecule has 5 nitrogen and oxygen atoms in total. The molecule has 1 aliphatic rings. The number of benzene rings is 2. The first-order chi connectivity index (χ1) is 15.0. The molecule has 1 unspecified atom stereocenters. The number of amides is 1. The van der Waals surface area contributed by atoms with Crippen LogP contribution in [0.4, 0.5) is 13.6 Å². The number of carbonyl (C=O) groups excluding carboxylic acids is 2. The number of ether oxygens (including phenoxy) is 2. The second-order valence-corrected chi connectivity index (χ2v) is 9.19. The summed E-state index contributed by atoms with van der Waals surface area (Å²) < 4.78 is 39.0. The van der Waals surface area contributed by atoms with Gasteiger partial charge < -0.3 is 14.4 Å². The van der Waals surface area contributed by atoms with Crippen LogP contribution in [0.25, 0.3) is 0 Å². The van der Waals surface area contributed by atoms with Gasteiger partial charge in [-0.05, 0) is 50.8 Å². The summed E-state index contributed by atoms with van der Waals surface area (Å²) in [5, 5.41) is 0. The Morgan fingerprint density at radius 3 is 2.38 bits per heavy atom. The molecular weight excluding hydrogens is 416 g/mol. The van der Waals surface area contributed by atoms with Crippen LogP contribution in [0.2, 0.25) is 0 Å². The molecule has 0 radical (unpaired) electrons. The Morgan fingerprint density at radius 2 is 1.75 bits per heavy atom. The van der Waals surface area contributed by atoms with Gasteiger partial charge in [-0.3, -0.25) is 4.79 Å². The predicted molar refractivity (Wildman–Crippen MR) is 116 cm³/mol. The van der Waals surface area contributed by atoms with Crippen molar-refractivity contribution < 1.29 is 27.8 Å². The molecule has 0 N–H and O–H groups in total. The summed E-state index contributed by atoms with van der Waals surface area (Å²) >= 11 is 0. The highest BCUT2D eigenvalue weighted by Gasteiger charge is 2.44. The Bertz CT molecular complexity index is 958. The average molecular weight is 446 g/mol. The molecule has 1 saturated carbocycles. The molecule has 32 heavy (non-hydrogen) atoms. The average Bonchev–Trinajstić information content (AvgIpc) is 3.16. The van der Waals surface area contributed by atoms with Gasteiger partial charge in [0.2, 0.25) is 0 Å². The van der Waals surface area contributed by atoms with Crippen molar-refractivity contribution in [3.8, 4) is 0 Å². The molecule has 1 fully saturated rings. The largest absolute Gasteiger partial charge is 0.461 e. The van der Waals surface area contributed by atoms with Crippen molar-refractivity contribution in [1.82, 2.24) is 4.90 Å². The van der Waals surface area contributed by atoms with Crippen LogP contribution in [-0.2, 0) is 20.9 Å². The van der Waals surface area contributed by atoms with Crippen molar-refractivity contribution in [2.75, 3.05) is 7.05 Å². The van der Waals surface area contributed by atoms with E-state index < -0.39 is 41.1 Å². The zero-order chi connectivity index (χ0) is 23.5. The van der Waals surface area contributed by atoms with Crippen LogP contribution in [0.5, 0.6) is 0 Å². The van der Waals surface area contributed by atoms with Gasteiger partial charge in [0.1, 0.15) is 23.8 Å². The molecule has 2 aromatic carbocycles. The topological polar surface area (TPSA) is 55.8 Å². The fraction of sp³-hybridized carbons (Fsp3) is 0.440. The van der Waals surface area contributed by atoms with E-state index in [2.05, 4.69) is 0 Å². The van der Waals surface area contributed by atoms with Crippen LogP contribution in [0.1, 0.15) is 50.7 Å². The molecule has 7 heteroatoms. The quantitative estimate of drug-likeness (QED) is 0.576. The van der Waals surface area contributed by atoms with E-state index >= 15 is 0 Å². The van der Waals surface area contributed by atoms with Gasteiger partial charge in [0.25, 0.3) is 0 Å². The molecule has 2 aromatic rings. The van der Waals surface area contributed by atoms with Gasteiger partial charge in [0, 0.05) is 25.1 Å². The monoisotopic (exact) mass is 445 g/mol. The highest BCUT2D eigenvalue weighted by molar-refractivity contribution is 5.75. The second-order valence-electron chi connectivity index (χ2n) is 9.19. The van der Waals surface area contributed by atoms with Crippen molar-refractivity contribution in [2.45, 2.75) is 57.8 Å². The number of carbonyl (C=O) groups is 2. The predicted octanol–water partition coefficient (Wildman–Crippen LogP) is 5.44. The van der Waals surface area contributed by atoms with E-state index in [1.807, 2.05) is 30.3 Å². The Morgan fingerprint density at radius 1 is 1.06 bits per heavy atom. The van der Waals surface area contributed by atoms with E-state index in [1.54, 1.807) is 27.8 Å². The number of halogens is 2. The Kier molecular flexibility index (Phi) is 7.16. The molecule has 172 valence electrons. The maximum absolute atomic E-state index is 14.6. The molecule has 0 aliphatic heterocycles. The molecule has 1 aliphatic carbocycles. The summed E-state index contributed by atoms with van der Waals surface area (Å²) in [6.45, 7) is 5.41. The lowest BCUT2D eigenvalue weighted by Gasteiger charge is -2.28. The third kappa shape index (κ3) is 5.84. The van der Waals surface area contributed by atoms with Gasteiger partial charge in [-0.25, -0.2) is 13.6 Å². The first kappa shape index (κ1) is 23.7. The first-order valence-corrected chi connectivity index (χ1v) is 10.7. The molecular formula is C25H29F2NO4. The van der Waals surface area contributed by atoms with Crippen LogP contribution >= 0.6 is 0 Å². The number of hydrogen-bond donors (Lipinski definition) is 0. The summed E-state index contributed by atoms with van der Waals surface area (Å²) in [6.07, 6.45) is 0.118. The molecule has 0 saturated heterocycles. The van der Waals surface area contributed by atoms with Crippen molar-refractivity contribution >= 4 is 12.1 Å². The van der Waals surface area contributed by atoms with Gasteiger partial charge in [0.15, 0.2) is 0 Å². The lowest BCUT2D eigenvalue weighted by molar-refractivity contribution is -0.150. The molecule has 3 rings (SSSR count). The fourth-order valence-electron chi connectivity index (χ4n) is 4.05. The van der Waals surface area contributed by atoms with E-state index in [4.69, 9.17) is 9.47 Å². The maximum atomic E-state index is 14.6. The zero-order valence-electron chi connectivity index (χ0n) is 18.8. The molecule has 0 bridgehead atoms. The van der Waals surface area contributed by atoms with Gasteiger partial charge in [0.05, 0.1) is 5.92 Å². The van der Waals surface area contributed by atoms with E-state index in [0.717, 1.165) is 11.6 Å². The lowest BCUT2D eigenvalue weighted by Crippen LogP contribution is -2.39. The Labute approximate surface area is 187 Å². The van der Waals surface area contributed by atoms with Crippen LogP contribution < -0.4 is 0 Å². The first-order valence-electron chi connectivity index (χ1n) is 10.7. The molecule has 0 spiro atoms. The van der Waals surface area contributed by atoms with E-state index in [9.17, 15) is 18.4 Å². The zero-order valence-corrected chi connectivity index (χ0v) is 18.8. The number of rotatable bonds is 5. The maximum Gasteiger partial charge on any atom is 0.410 e. The normalized spacial score (nSPS) is 20.6. The minimum atomic E-state index is -0.712. The van der Waals surface area contributed by atoms with Gasteiger partial charge in [-0.15, -0.1) is 0 Å². The van der Waals surface area contributed by atoms with Crippen molar-refractivity contribution in [1.29, 1.82) is 0 Å². The molecule has 3 atom stereocenters. The molecule has 1 amide bonds. The van der Waals surface area contributed by atoms with Gasteiger partial charge in [-0.1, -0.05) is 36.4 Å². The highest BCUT2D eigenvalue weighted by atomic mass is 19.1. The second kappa shape index (κ2) is 9.67. The van der Waals surface area contributed by atoms with Crippen LogP contribution in [0.3, 0.4) is 0 Å². The smallest absolute Gasteiger partial charge is 0.410 e. The Hall–Kier alpha value is -2.96. The third-order valence-electron chi connectivity index (χ3n) is 5.66. The van der Waals surface area contributed by atoms with Crippen molar-refractivity contribution in [3.05, 3.63) is 71.3 Å². The summed E-state index contributed by atoms with van der Waals surface area (Å²) in [6, 6.07) is 12.3. The van der Waals surface area contributed by atoms with Crippen molar-refractivity contribution in [2.24, 2.45) is 5.92 Å². The van der Waals surface area contributed by atoms with Gasteiger partial charge in [-0.2, -0.15) is 0 Å². The van der Waals surface area contributed by atoms with E-state index in [-0.39, 0.29) is 18.2 Å². The molecule has 0 aromatic heterocycles. The van der Waals surface area contributed by atoms with E-state index in [0.29, 0.717) is 12.8 Å². The van der Waals surface area contributed by atoms with Crippen molar-refractivity contribution in [3.63, 3.8) is 0 Å². The summed E-state index contributed by atoms with van der Waals surface area (Å²) in [4.78, 5) is 27.0. The Balaban J connectivity index is 1.80. The van der Waals surface area contributed by atoms with Gasteiger partial charge >= 0.3 is 12.1 Å².